The van der Waals surface area contributed by atoms with Gasteiger partial charge in [0.05, 0.1) is 0 Å². The van der Waals surface area contributed by atoms with Crippen LogP contribution in [0.25, 0.3) is 0 Å². The van der Waals surface area contributed by atoms with Crippen LogP contribution in [0, 0.1) is 0 Å². The predicted octanol–water partition coefficient (Wildman–Crippen LogP) is 3.07. The molecule has 1 heterocycles. The first-order valence-corrected chi connectivity index (χ1v) is 7.36. The summed E-state index contributed by atoms with van der Waals surface area (Å²) in [6.45, 7) is 14.4. The Morgan fingerprint density at radius 2 is 1.89 bits per heavy atom. The molecule has 0 amide bonds. The van der Waals surface area contributed by atoms with Crippen molar-refractivity contribution in [2.24, 2.45) is 0 Å². The number of hydrogen-bond donors (Lipinski definition) is 1. The number of nitrogens with one attached hydrogen (secondary N) is 1. The molecule has 0 aliphatic rings. The molecule has 1 rings (SSSR count). The first-order valence-electron chi connectivity index (χ1n) is 7.36. The fraction of sp³-hybridized carbons (Fsp3) is 0.688. The van der Waals surface area contributed by atoms with Crippen LogP contribution in [0.15, 0.2) is 24.5 Å². The van der Waals surface area contributed by atoms with Crippen molar-refractivity contribution in [3.8, 4) is 0 Å². The quantitative estimate of drug-likeness (QED) is 0.781. The van der Waals surface area contributed by atoms with E-state index in [2.05, 4.69) is 62.0 Å². The van der Waals surface area contributed by atoms with Crippen molar-refractivity contribution in [2.45, 2.75) is 59.2 Å². The number of pyridine rings is 1. The van der Waals surface area contributed by atoms with E-state index in [1.807, 2.05) is 12.4 Å². The molecule has 1 atom stereocenters. The van der Waals surface area contributed by atoms with E-state index in [9.17, 15) is 0 Å². The van der Waals surface area contributed by atoms with Gasteiger partial charge in [-0.1, -0.05) is 13.8 Å². The van der Waals surface area contributed by atoms with E-state index in [0.29, 0.717) is 6.04 Å². The lowest BCUT2D eigenvalue weighted by Gasteiger charge is -2.32. The van der Waals surface area contributed by atoms with Gasteiger partial charge in [-0.05, 0) is 51.4 Å². The highest BCUT2D eigenvalue weighted by molar-refractivity contribution is 5.09. The summed E-state index contributed by atoms with van der Waals surface area (Å²) in [5.74, 6) is 0. The van der Waals surface area contributed by atoms with E-state index in [-0.39, 0.29) is 5.54 Å². The zero-order valence-corrected chi connectivity index (χ0v) is 13.1. The topological polar surface area (TPSA) is 28.2 Å². The molecule has 1 unspecified atom stereocenters. The molecule has 108 valence electrons. The second kappa shape index (κ2) is 7.61. The van der Waals surface area contributed by atoms with Gasteiger partial charge in [-0.3, -0.25) is 9.88 Å². The van der Waals surface area contributed by atoms with Crippen molar-refractivity contribution in [3.63, 3.8) is 0 Å². The lowest BCUT2D eigenvalue weighted by atomic mass is 10.0. The Morgan fingerprint density at radius 3 is 2.42 bits per heavy atom. The Morgan fingerprint density at radius 1 is 1.26 bits per heavy atom. The van der Waals surface area contributed by atoms with Gasteiger partial charge < -0.3 is 5.32 Å². The Balaban J connectivity index is 2.50. The van der Waals surface area contributed by atoms with Crippen LogP contribution in [0.3, 0.4) is 0 Å². The van der Waals surface area contributed by atoms with Crippen LogP contribution in [0.1, 0.15) is 46.6 Å². The highest BCUT2D eigenvalue weighted by Crippen LogP contribution is 2.10. The third-order valence-corrected chi connectivity index (χ3v) is 3.92. The third kappa shape index (κ3) is 5.70. The molecule has 1 N–H and O–H groups in total. The summed E-state index contributed by atoms with van der Waals surface area (Å²) in [5, 5.41) is 3.65. The Hall–Kier alpha value is -0.930. The molecule has 1 aromatic rings. The lowest BCUT2D eigenvalue weighted by Crippen LogP contribution is -2.47. The Kier molecular flexibility index (Phi) is 6.46. The Bertz CT molecular complexity index is 348. The molecule has 0 aliphatic heterocycles. The molecule has 3 heteroatoms. The SMILES string of the molecule is CCN(Cc1ccncc1)C(C)CNC(C)(C)CC. The summed E-state index contributed by atoms with van der Waals surface area (Å²) < 4.78 is 0. The zero-order valence-electron chi connectivity index (χ0n) is 13.1. The molecule has 0 spiro atoms. The minimum atomic E-state index is 0.227. The second-order valence-corrected chi connectivity index (χ2v) is 5.89. The van der Waals surface area contributed by atoms with E-state index in [1.54, 1.807) is 0 Å². The maximum atomic E-state index is 4.07. The van der Waals surface area contributed by atoms with Gasteiger partial charge in [0.15, 0.2) is 0 Å². The summed E-state index contributed by atoms with van der Waals surface area (Å²) in [5.41, 5.74) is 1.56. The van der Waals surface area contributed by atoms with Gasteiger partial charge in [-0.15, -0.1) is 0 Å². The van der Waals surface area contributed by atoms with Gasteiger partial charge in [0.25, 0.3) is 0 Å². The molecular weight excluding hydrogens is 234 g/mol. The number of nitrogens with zero attached hydrogens (tertiary/aromatic N) is 2. The highest BCUT2D eigenvalue weighted by atomic mass is 15.2. The van der Waals surface area contributed by atoms with Gasteiger partial charge in [-0.2, -0.15) is 0 Å². The van der Waals surface area contributed by atoms with Crippen molar-refractivity contribution in [2.75, 3.05) is 13.1 Å². The average molecular weight is 263 g/mol. The minimum absolute atomic E-state index is 0.227. The standard InChI is InChI=1S/C16H29N3/c1-6-16(4,5)18-12-14(3)19(7-2)13-15-8-10-17-11-9-15/h8-11,14,18H,6-7,12-13H2,1-5H3. The largest absolute Gasteiger partial charge is 0.310 e. The molecule has 0 fully saturated rings. The molecule has 0 saturated carbocycles. The number of rotatable bonds is 8. The van der Waals surface area contributed by atoms with E-state index in [4.69, 9.17) is 0 Å². The molecule has 0 radical (unpaired) electrons. The lowest BCUT2D eigenvalue weighted by molar-refractivity contribution is 0.192. The zero-order chi connectivity index (χ0) is 14.3. The number of aromatic nitrogens is 1. The fourth-order valence-electron chi connectivity index (χ4n) is 1.98. The minimum Gasteiger partial charge on any atom is -0.310 e. The number of hydrogen-bond acceptors (Lipinski definition) is 3. The van der Waals surface area contributed by atoms with Crippen LogP contribution in [-0.2, 0) is 6.54 Å². The summed E-state index contributed by atoms with van der Waals surface area (Å²) >= 11 is 0. The summed E-state index contributed by atoms with van der Waals surface area (Å²) in [6.07, 6.45) is 4.88. The van der Waals surface area contributed by atoms with E-state index in [1.165, 1.54) is 5.56 Å². The summed E-state index contributed by atoms with van der Waals surface area (Å²) in [4.78, 5) is 6.57. The normalized spacial score (nSPS) is 13.8. The van der Waals surface area contributed by atoms with Gasteiger partial charge >= 0.3 is 0 Å². The van der Waals surface area contributed by atoms with Crippen molar-refractivity contribution >= 4 is 0 Å². The molecule has 1 aromatic heterocycles. The van der Waals surface area contributed by atoms with E-state index in [0.717, 1.165) is 26.1 Å². The van der Waals surface area contributed by atoms with Crippen LogP contribution in [0.5, 0.6) is 0 Å². The van der Waals surface area contributed by atoms with Crippen molar-refractivity contribution in [3.05, 3.63) is 30.1 Å². The first-order chi connectivity index (χ1) is 8.98. The highest BCUT2D eigenvalue weighted by Gasteiger charge is 2.18. The molecule has 0 saturated heterocycles. The monoisotopic (exact) mass is 263 g/mol. The van der Waals surface area contributed by atoms with Gasteiger partial charge in [0.2, 0.25) is 0 Å². The van der Waals surface area contributed by atoms with Crippen LogP contribution in [-0.4, -0.2) is 34.6 Å². The molecule has 3 nitrogen and oxygen atoms in total. The second-order valence-electron chi connectivity index (χ2n) is 5.89. The van der Waals surface area contributed by atoms with Crippen LogP contribution in [0.2, 0.25) is 0 Å². The van der Waals surface area contributed by atoms with Crippen molar-refractivity contribution < 1.29 is 0 Å². The van der Waals surface area contributed by atoms with Crippen LogP contribution >= 0.6 is 0 Å². The van der Waals surface area contributed by atoms with Crippen molar-refractivity contribution in [1.29, 1.82) is 0 Å². The first kappa shape index (κ1) is 16.1. The number of likely N-dealkylation sites (N-methyl/N-ethyl adjacent to an activating group) is 1. The molecule has 0 aliphatic carbocycles. The molecule has 0 aromatic carbocycles. The van der Waals surface area contributed by atoms with Gasteiger partial charge in [-0.25, -0.2) is 0 Å². The third-order valence-electron chi connectivity index (χ3n) is 3.92. The molecular formula is C16H29N3. The van der Waals surface area contributed by atoms with Gasteiger partial charge in [0.1, 0.15) is 0 Å². The Labute approximate surface area is 118 Å². The van der Waals surface area contributed by atoms with E-state index >= 15 is 0 Å². The maximum Gasteiger partial charge on any atom is 0.0271 e. The molecule has 19 heavy (non-hydrogen) atoms. The average Bonchev–Trinajstić information content (AvgIpc) is 2.43. The van der Waals surface area contributed by atoms with Crippen LogP contribution < -0.4 is 5.32 Å². The fourth-order valence-corrected chi connectivity index (χ4v) is 1.98. The summed E-state index contributed by atoms with van der Waals surface area (Å²) in [7, 11) is 0. The van der Waals surface area contributed by atoms with Crippen LogP contribution in [0.4, 0.5) is 0 Å². The van der Waals surface area contributed by atoms with Gasteiger partial charge in [0, 0.05) is 37.1 Å². The smallest absolute Gasteiger partial charge is 0.0271 e. The van der Waals surface area contributed by atoms with E-state index < -0.39 is 0 Å². The predicted molar refractivity (Wildman–Crippen MR) is 82.2 cm³/mol. The summed E-state index contributed by atoms with van der Waals surface area (Å²) in [6, 6.07) is 4.72. The van der Waals surface area contributed by atoms with Crippen molar-refractivity contribution in [1.82, 2.24) is 15.2 Å². The maximum absolute atomic E-state index is 4.07. The molecule has 0 bridgehead atoms.